The maximum Gasteiger partial charge on any atom is 0.307 e. The molecule has 4 aliphatic rings. The highest BCUT2D eigenvalue weighted by molar-refractivity contribution is 9.09. The van der Waals surface area contributed by atoms with Crippen molar-refractivity contribution in [3.8, 4) is 0 Å². The van der Waals surface area contributed by atoms with Crippen LogP contribution in [0.25, 0.3) is 0 Å². The van der Waals surface area contributed by atoms with Gasteiger partial charge in [-0.15, -0.1) is 0 Å². The second-order valence-corrected chi connectivity index (χ2v) is 15.2. The van der Waals surface area contributed by atoms with Gasteiger partial charge in [0.05, 0.1) is 6.42 Å². The van der Waals surface area contributed by atoms with Crippen LogP contribution in [0, 0.1) is 46.3 Å². The third kappa shape index (κ3) is 5.21. The largest absolute Gasteiger partial charge is 0.462 e. The number of hydrogen-bond acceptors (Lipinski definition) is 2. The van der Waals surface area contributed by atoms with Crippen molar-refractivity contribution in [3.63, 3.8) is 0 Å². The van der Waals surface area contributed by atoms with E-state index in [9.17, 15) is 4.79 Å². The molecule has 0 heterocycles. The minimum atomic E-state index is -0.0415. The predicted molar refractivity (Wildman–Crippen MR) is 146 cm³/mol. The van der Waals surface area contributed by atoms with Crippen LogP contribution in [0.3, 0.4) is 0 Å². The van der Waals surface area contributed by atoms with Crippen LogP contribution in [-0.2, 0) is 9.53 Å². The van der Waals surface area contributed by atoms with Crippen LogP contribution in [0.15, 0.2) is 11.6 Å². The van der Waals surface area contributed by atoms with Crippen LogP contribution in [0.5, 0.6) is 0 Å². The first-order chi connectivity index (χ1) is 16.0. The van der Waals surface area contributed by atoms with Gasteiger partial charge in [-0.3, -0.25) is 4.79 Å². The van der Waals surface area contributed by atoms with Gasteiger partial charge in [0, 0.05) is 11.2 Å². The first-order valence-electron chi connectivity index (χ1n) is 14.6. The number of halogens is 1. The van der Waals surface area contributed by atoms with Gasteiger partial charge in [-0.05, 0) is 91.3 Å². The van der Waals surface area contributed by atoms with Crippen molar-refractivity contribution in [2.45, 2.75) is 130 Å². The average molecular weight is 536 g/mol. The highest BCUT2D eigenvalue weighted by Gasteiger charge is 2.59. The molecular weight excluding hydrogens is 484 g/mol. The monoisotopic (exact) mass is 534 g/mol. The van der Waals surface area contributed by atoms with Crippen LogP contribution in [-0.4, -0.2) is 16.9 Å². The van der Waals surface area contributed by atoms with Crippen LogP contribution >= 0.6 is 15.9 Å². The Balaban J connectivity index is 1.42. The molecule has 34 heavy (non-hydrogen) atoms. The Hall–Kier alpha value is -0.310. The molecule has 3 heteroatoms. The van der Waals surface area contributed by atoms with Crippen molar-refractivity contribution >= 4 is 21.9 Å². The van der Waals surface area contributed by atoms with E-state index in [0.717, 1.165) is 48.3 Å². The highest BCUT2D eigenvalue weighted by atomic mass is 79.9. The number of fused-ring (bicyclic) bond motifs is 5. The topological polar surface area (TPSA) is 26.3 Å². The molecule has 3 saturated carbocycles. The van der Waals surface area contributed by atoms with Gasteiger partial charge in [0.2, 0.25) is 0 Å². The van der Waals surface area contributed by atoms with Crippen molar-refractivity contribution in [2.24, 2.45) is 46.3 Å². The molecule has 0 saturated heterocycles. The Morgan fingerprint density at radius 3 is 2.53 bits per heavy atom. The third-order valence-electron chi connectivity index (χ3n) is 11.0. The van der Waals surface area contributed by atoms with E-state index in [1.165, 1.54) is 57.8 Å². The summed E-state index contributed by atoms with van der Waals surface area (Å²) in [5.74, 6) is 5.21. The van der Waals surface area contributed by atoms with Crippen LogP contribution in [0.1, 0.15) is 119 Å². The second kappa shape index (κ2) is 10.6. The maximum absolute atomic E-state index is 12.3. The zero-order valence-electron chi connectivity index (χ0n) is 22.9. The summed E-state index contributed by atoms with van der Waals surface area (Å²) in [6.07, 6.45) is 17.6. The predicted octanol–water partition coefficient (Wildman–Crippen LogP) is 9.11. The molecule has 0 radical (unpaired) electrons. The first-order valence-corrected chi connectivity index (χ1v) is 15.5. The van der Waals surface area contributed by atoms with Crippen LogP contribution in [0.4, 0.5) is 0 Å². The molecule has 0 aliphatic heterocycles. The van der Waals surface area contributed by atoms with Gasteiger partial charge >= 0.3 is 5.97 Å². The SMILES string of the molecule is CC(C)CCC[C@@H](C)[C@@H]1CC[C@@H]2[C@H]3CC=C4C[C@@H](OC(=O)C[C@@H](C)Br)CC[C@]4(C)[C@@H]3CC[C@@]21C. The lowest BCUT2D eigenvalue weighted by molar-refractivity contribution is -0.151. The quantitative estimate of drug-likeness (QED) is 0.176. The number of carbonyl (C=O) groups is 1. The molecule has 194 valence electrons. The fraction of sp³-hybridized carbons (Fsp3) is 0.903. The van der Waals surface area contributed by atoms with E-state index < -0.39 is 0 Å². The lowest BCUT2D eigenvalue weighted by Gasteiger charge is -2.58. The number of carbonyl (C=O) groups excluding carboxylic acids is 1. The number of alkyl halides is 1. The molecule has 0 aromatic heterocycles. The Bertz CT molecular complexity index is 757. The van der Waals surface area contributed by atoms with Gasteiger partial charge < -0.3 is 4.74 Å². The summed E-state index contributed by atoms with van der Waals surface area (Å²) in [7, 11) is 0. The second-order valence-electron chi connectivity index (χ2n) is 13.6. The van der Waals surface area contributed by atoms with E-state index in [-0.39, 0.29) is 16.9 Å². The highest BCUT2D eigenvalue weighted by Crippen LogP contribution is 2.67. The molecule has 0 spiro atoms. The number of allylic oxidation sites excluding steroid dienone is 1. The van der Waals surface area contributed by atoms with Gasteiger partial charge in [-0.1, -0.05) is 88.4 Å². The van der Waals surface area contributed by atoms with Crippen molar-refractivity contribution in [2.75, 3.05) is 0 Å². The standard InChI is InChI=1S/C31H51BrO2/c1-20(2)8-7-9-21(3)26-12-13-27-25-11-10-23-19-24(34-29(33)18-22(4)32)14-16-30(23,5)28(25)15-17-31(26,27)6/h10,20-22,24-28H,7-9,11-19H2,1-6H3/t21-,22-,24+,25-,26+,27-,28-,30+,31-/m1/s1. The van der Waals surface area contributed by atoms with E-state index in [1.807, 2.05) is 6.92 Å². The fourth-order valence-corrected chi connectivity index (χ4v) is 9.48. The Kier molecular flexibility index (Phi) is 8.33. The molecule has 0 aromatic carbocycles. The summed E-state index contributed by atoms with van der Waals surface area (Å²) in [4.78, 5) is 12.5. The van der Waals surface area contributed by atoms with E-state index in [4.69, 9.17) is 4.74 Å². The molecular formula is C31H51BrO2. The molecule has 0 bridgehead atoms. The number of esters is 1. The maximum atomic E-state index is 12.3. The van der Waals surface area contributed by atoms with Crippen molar-refractivity contribution in [1.29, 1.82) is 0 Å². The lowest BCUT2D eigenvalue weighted by atomic mass is 9.47. The number of hydrogen-bond donors (Lipinski definition) is 0. The van der Waals surface area contributed by atoms with Crippen LogP contribution in [0.2, 0.25) is 0 Å². The Labute approximate surface area is 218 Å². The van der Waals surface area contributed by atoms with Crippen LogP contribution < -0.4 is 0 Å². The molecule has 9 atom stereocenters. The molecule has 3 fully saturated rings. The van der Waals surface area contributed by atoms with Gasteiger partial charge in [0.15, 0.2) is 0 Å². The van der Waals surface area contributed by atoms with Gasteiger partial charge in [-0.25, -0.2) is 0 Å². The summed E-state index contributed by atoms with van der Waals surface area (Å²) < 4.78 is 5.90. The molecule has 0 unspecified atom stereocenters. The number of ether oxygens (including phenoxy) is 1. The molecule has 0 amide bonds. The smallest absolute Gasteiger partial charge is 0.307 e. The van der Waals surface area contributed by atoms with Crippen molar-refractivity contribution in [1.82, 2.24) is 0 Å². The summed E-state index contributed by atoms with van der Waals surface area (Å²) >= 11 is 3.49. The summed E-state index contributed by atoms with van der Waals surface area (Å²) in [6, 6.07) is 0. The van der Waals surface area contributed by atoms with Gasteiger partial charge in [-0.2, -0.15) is 0 Å². The molecule has 4 rings (SSSR count). The van der Waals surface area contributed by atoms with E-state index in [2.05, 4.69) is 56.6 Å². The van der Waals surface area contributed by atoms with E-state index in [0.29, 0.717) is 17.3 Å². The van der Waals surface area contributed by atoms with Crippen molar-refractivity contribution in [3.05, 3.63) is 11.6 Å². The lowest BCUT2D eigenvalue weighted by Crippen LogP contribution is -2.51. The first kappa shape index (κ1) is 26.7. The number of rotatable bonds is 8. The Morgan fingerprint density at radius 2 is 1.82 bits per heavy atom. The summed E-state index contributed by atoms with van der Waals surface area (Å²) in [6.45, 7) is 14.6. The van der Waals surface area contributed by atoms with Gasteiger partial charge in [0.25, 0.3) is 0 Å². The zero-order valence-corrected chi connectivity index (χ0v) is 24.5. The van der Waals surface area contributed by atoms with Crippen molar-refractivity contribution < 1.29 is 9.53 Å². The van der Waals surface area contributed by atoms with E-state index in [1.54, 1.807) is 5.57 Å². The average Bonchev–Trinajstić information content (AvgIpc) is 3.10. The Morgan fingerprint density at radius 1 is 1.06 bits per heavy atom. The molecule has 4 aliphatic carbocycles. The fourth-order valence-electron chi connectivity index (χ4n) is 9.22. The molecule has 2 nitrogen and oxygen atoms in total. The summed E-state index contributed by atoms with van der Waals surface area (Å²) in [5.41, 5.74) is 2.50. The van der Waals surface area contributed by atoms with E-state index >= 15 is 0 Å². The third-order valence-corrected chi connectivity index (χ3v) is 11.3. The normalized spacial score (nSPS) is 41.2. The summed E-state index contributed by atoms with van der Waals surface area (Å²) in [5, 5.41) is 0. The molecule has 0 aromatic rings. The van der Waals surface area contributed by atoms with Gasteiger partial charge in [0.1, 0.15) is 6.10 Å². The zero-order chi connectivity index (χ0) is 24.7. The molecule has 0 N–H and O–H groups in total. The minimum absolute atomic E-state index is 0.0415. The minimum Gasteiger partial charge on any atom is -0.462 e.